The standard InChI is InChI=1S/C21H29N3O/c1-15-16(2)23(3)20(22-15)13-24-18-9-10-19(24)21(12-18,14-25)11-17-7-5-4-6-8-17/h4-8,18-19,25H,9-14H2,1-3H3/t18-,19+,21-/m0/s1. The molecule has 2 bridgehead atoms. The highest BCUT2D eigenvalue weighted by molar-refractivity contribution is 5.21. The van der Waals surface area contributed by atoms with E-state index in [2.05, 4.69) is 60.7 Å². The van der Waals surface area contributed by atoms with Gasteiger partial charge in [0.1, 0.15) is 5.82 Å². The largest absolute Gasteiger partial charge is 0.396 e. The number of nitrogens with zero attached hydrogens (tertiary/aromatic N) is 3. The van der Waals surface area contributed by atoms with Gasteiger partial charge < -0.3 is 9.67 Å². The van der Waals surface area contributed by atoms with Gasteiger partial charge in [-0.1, -0.05) is 30.3 Å². The highest BCUT2D eigenvalue weighted by atomic mass is 16.3. The zero-order valence-electron chi connectivity index (χ0n) is 15.6. The summed E-state index contributed by atoms with van der Waals surface area (Å²) in [5, 5.41) is 10.3. The topological polar surface area (TPSA) is 41.3 Å². The molecular formula is C21H29N3O. The number of rotatable bonds is 5. The van der Waals surface area contributed by atoms with Gasteiger partial charge in [0.2, 0.25) is 0 Å². The molecule has 3 heterocycles. The maximum absolute atomic E-state index is 10.3. The minimum absolute atomic E-state index is 0.000473. The van der Waals surface area contributed by atoms with Gasteiger partial charge in [-0.15, -0.1) is 0 Å². The molecule has 4 nitrogen and oxygen atoms in total. The molecule has 0 aliphatic carbocycles. The zero-order valence-corrected chi connectivity index (χ0v) is 15.6. The molecule has 3 atom stereocenters. The molecule has 25 heavy (non-hydrogen) atoms. The van der Waals surface area contributed by atoms with Crippen LogP contribution in [0.1, 0.15) is 42.0 Å². The summed E-state index contributed by atoms with van der Waals surface area (Å²) in [6, 6.07) is 11.7. The highest BCUT2D eigenvalue weighted by Gasteiger charge is 2.55. The SMILES string of the molecule is Cc1nc(CN2[C@H]3CC[C@@H]2[C@@](CO)(Cc2ccccc2)C3)n(C)c1C. The predicted octanol–water partition coefficient (Wildman–Crippen LogP) is 3.00. The molecule has 2 aliphatic heterocycles. The van der Waals surface area contributed by atoms with E-state index in [9.17, 15) is 5.11 Å². The van der Waals surface area contributed by atoms with Crippen molar-refractivity contribution >= 4 is 0 Å². The molecule has 0 amide bonds. The second-order valence-electron chi connectivity index (χ2n) is 8.06. The van der Waals surface area contributed by atoms with Crippen LogP contribution in [0.15, 0.2) is 30.3 Å². The van der Waals surface area contributed by atoms with Gasteiger partial charge in [0.15, 0.2) is 0 Å². The Morgan fingerprint density at radius 2 is 1.96 bits per heavy atom. The Hall–Kier alpha value is -1.65. The van der Waals surface area contributed by atoms with Crippen LogP contribution in [0, 0.1) is 19.3 Å². The molecule has 1 aromatic carbocycles. The molecule has 4 heteroatoms. The third-order valence-corrected chi connectivity index (χ3v) is 6.74. The Kier molecular flexibility index (Phi) is 4.20. The minimum atomic E-state index is -0.000473. The number of aromatic nitrogens is 2. The number of hydrogen-bond donors (Lipinski definition) is 1. The smallest absolute Gasteiger partial charge is 0.123 e. The Balaban J connectivity index is 1.58. The normalized spacial score (nSPS) is 28.8. The van der Waals surface area contributed by atoms with Gasteiger partial charge in [-0.3, -0.25) is 4.90 Å². The van der Waals surface area contributed by atoms with Crippen LogP contribution in [-0.2, 0) is 20.0 Å². The second kappa shape index (κ2) is 6.26. The van der Waals surface area contributed by atoms with Gasteiger partial charge >= 0.3 is 0 Å². The third-order valence-electron chi connectivity index (χ3n) is 6.74. The average Bonchev–Trinajstić information content (AvgIpc) is 3.22. The first-order chi connectivity index (χ1) is 12.0. The van der Waals surface area contributed by atoms with E-state index >= 15 is 0 Å². The van der Waals surface area contributed by atoms with Crippen LogP contribution in [0.2, 0.25) is 0 Å². The van der Waals surface area contributed by atoms with Crippen molar-refractivity contribution in [3.63, 3.8) is 0 Å². The van der Waals surface area contributed by atoms with Gasteiger partial charge in [0.25, 0.3) is 0 Å². The molecule has 2 fully saturated rings. The number of aliphatic hydroxyl groups is 1. The molecule has 1 N–H and O–H groups in total. The van der Waals surface area contributed by atoms with Gasteiger partial charge in [-0.2, -0.15) is 0 Å². The number of aliphatic hydroxyl groups excluding tert-OH is 1. The van der Waals surface area contributed by atoms with Crippen LogP contribution in [0.3, 0.4) is 0 Å². The van der Waals surface area contributed by atoms with Crippen molar-refractivity contribution < 1.29 is 5.11 Å². The monoisotopic (exact) mass is 339 g/mol. The van der Waals surface area contributed by atoms with Gasteiger partial charge in [-0.25, -0.2) is 4.98 Å². The molecule has 0 unspecified atom stereocenters. The second-order valence-corrected chi connectivity index (χ2v) is 8.06. The molecule has 0 saturated carbocycles. The summed E-state index contributed by atoms with van der Waals surface area (Å²) in [5.41, 5.74) is 3.72. The summed E-state index contributed by atoms with van der Waals surface area (Å²) in [6.07, 6.45) is 4.52. The lowest BCUT2D eigenvalue weighted by molar-refractivity contribution is 0.0742. The Labute approximate surface area is 150 Å². The first-order valence-electron chi connectivity index (χ1n) is 9.43. The van der Waals surface area contributed by atoms with E-state index in [1.807, 2.05) is 0 Å². The molecule has 4 rings (SSSR count). The molecule has 134 valence electrons. The number of hydrogen-bond acceptors (Lipinski definition) is 3. The van der Waals surface area contributed by atoms with E-state index in [0.29, 0.717) is 12.1 Å². The maximum atomic E-state index is 10.3. The molecule has 2 aromatic rings. The number of imidazole rings is 1. The number of aryl methyl sites for hydroxylation is 1. The molecule has 2 aliphatic rings. The molecule has 2 saturated heterocycles. The quantitative estimate of drug-likeness (QED) is 0.910. The lowest BCUT2D eigenvalue weighted by atomic mass is 9.70. The average molecular weight is 339 g/mol. The van der Waals surface area contributed by atoms with Gasteiger partial charge in [0.05, 0.1) is 18.8 Å². The molecule has 0 radical (unpaired) electrons. The Morgan fingerprint density at radius 1 is 1.20 bits per heavy atom. The van der Waals surface area contributed by atoms with Crippen molar-refractivity contribution in [1.82, 2.24) is 14.5 Å². The highest BCUT2D eigenvalue weighted by Crippen LogP contribution is 2.51. The van der Waals surface area contributed by atoms with Crippen molar-refractivity contribution in [3.8, 4) is 0 Å². The minimum Gasteiger partial charge on any atom is -0.396 e. The maximum Gasteiger partial charge on any atom is 0.123 e. The Bertz CT molecular complexity index is 754. The van der Waals surface area contributed by atoms with Gasteiger partial charge in [-0.05, 0) is 45.1 Å². The van der Waals surface area contributed by atoms with Crippen LogP contribution in [0.25, 0.3) is 0 Å². The Morgan fingerprint density at radius 3 is 2.60 bits per heavy atom. The van der Waals surface area contributed by atoms with Crippen molar-refractivity contribution in [2.75, 3.05) is 6.61 Å². The first kappa shape index (κ1) is 16.8. The van der Waals surface area contributed by atoms with Crippen molar-refractivity contribution in [2.24, 2.45) is 12.5 Å². The third kappa shape index (κ3) is 2.72. The fourth-order valence-corrected chi connectivity index (χ4v) is 5.17. The van der Waals surface area contributed by atoms with Crippen molar-refractivity contribution in [2.45, 2.75) is 58.2 Å². The summed E-state index contributed by atoms with van der Waals surface area (Å²) in [4.78, 5) is 7.41. The van der Waals surface area contributed by atoms with E-state index < -0.39 is 0 Å². The summed E-state index contributed by atoms with van der Waals surface area (Å²) in [6.45, 7) is 5.40. The number of benzene rings is 1. The van der Waals surface area contributed by atoms with E-state index in [4.69, 9.17) is 4.98 Å². The van der Waals surface area contributed by atoms with Gasteiger partial charge in [0, 0.05) is 30.2 Å². The van der Waals surface area contributed by atoms with Crippen molar-refractivity contribution in [1.29, 1.82) is 0 Å². The van der Waals surface area contributed by atoms with Crippen LogP contribution in [-0.4, -0.2) is 38.2 Å². The van der Waals surface area contributed by atoms with Crippen molar-refractivity contribution in [3.05, 3.63) is 53.1 Å². The molecule has 1 aromatic heterocycles. The van der Waals surface area contributed by atoms with Crippen LogP contribution in [0.4, 0.5) is 0 Å². The summed E-state index contributed by atoms with van der Waals surface area (Å²) >= 11 is 0. The van der Waals surface area contributed by atoms with Crippen LogP contribution in [0.5, 0.6) is 0 Å². The zero-order chi connectivity index (χ0) is 17.6. The number of fused-ring (bicyclic) bond motifs is 2. The summed E-state index contributed by atoms with van der Waals surface area (Å²) in [5.74, 6) is 1.15. The molecule has 0 spiro atoms. The molecular weight excluding hydrogens is 310 g/mol. The summed E-state index contributed by atoms with van der Waals surface area (Å²) in [7, 11) is 2.12. The van der Waals surface area contributed by atoms with E-state index in [1.165, 1.54) is 24.1 Å². The lowest BCUT2D eigenvalue weighted by Gasteiger charge is -2.36. The van der Waals surface area contributed by atoms with Crippen LogP contribution >= 0.6 is 0 Å². The van der Waals surface area contributed by atoms with Crippen LogP contribution < -0.4 is 0 Å². The first-order valence-corrected chi connectivity index (χ1v) is 9.43. The fraction of sp³-hybridized carbons (Fsp3) is 0.571. The summed E-state index contributed by atoms with van der Waals surface area (Å²) < 4.78 is 2.23. The predicted molar refractivity (Wildman–Crippen MR) is 99.3 cm³/mol. The van der Waals surface area contributed by atoms with E-state index in [1.54, 1.807) is 0 Å². The van der Waals surface area contributed by atoms with E-state index in [-0.39, 0.29) is 12.0 Å². The fourth-order valence-electron chi connectivity index (χ4n) is 5.17. The lowest BCUT2D eigenvalue weighted by Crippen LogP contribution is -2.41. The van der Waals surface area contributed by atoms with E-state index in [0.717, 1.165) is 30.9 Å².